The summed E-state index contributed by atoms with van der Waals surface area (Å²) < 4.78 is 37.8. The van der Waals surface area contributed by atoms with Crippen LogP contribution in [0, 0.1) is 11.8 Å². The highest BCUT2D eigenvalue weighted by Crippen LogP contribution is 2.44. The van der Waals surface area contributed by atoms with E-state index in [0.717, 1.165) is 12.8 Å². The lowest BCUT2D eigenvalue weighted by atomic mass is 9.77. The second-order valence-corrected chi connectivity index (χ2v) is 4.51. The van der Waals surface area contributed by atoms with E-state index in [0.29, 0.717) is 19.8 Å². The molecule has 1 aliphatic rings. The van der Waals surface area contributed by atoms with E-state index < -0.39 is 29.6 Å². The average molecular weight is 240 g/mol. The van der Waals surface area contributed by atoms with Gasteiger partial charge >= 0.3 is 12.1 Å². The molecule has 1 aliphatic carbocycles. The quantitative estimate of drug-likeness (QED) is 0.795. The van der Waals surface area contributed by atoms with E-state index in [2.05, 4.69) is 0 Å². The van der Waals surface area contributed by atoms with E-state index in [1.807, 2.05) is 0 Å². The van der Waals surface area contributed by atoms with Gasteiger partial charge in [0.05, 0.1) is 5.92 Å². The van der Waals surface area contributed by atoms with Gasteiger partial charge in [0.1, 0.15) is 0 Å². The second-order valence-electron chi connectivity index (χ2n) is 4.51. The Labute approximate surface area is 91.3 Å². The van der Waals surface area contributed by atoms with Gasteiger partial charge in [-0.05, 0) is 25.7 Å². The molecule has 2 atom stereocenters. The summed E-state index contributed by atoms with van der Waals surface area (Å²) in [6.45, 7) is 0.546. The SMILES string of the molecule is CC(O)(C(C(=O)O)C1CCCC1)C(F)(F)F. The van der Waals surface area contributed by atoms with Gasteiger partial charge in [-0.2, -0.15) is 13.2 Å². The van der Waals surface area contributed by atoms with Crippen molar-refractivity contribution in [2.45, 2.75) is 44.4 Å². The van der Waals surface area contributed by atoms with Gasteiger partial charge in [0, 0.05) is 0 Å². The summed E-state index contributed by atoms with van der Waals surface area (Å²) in [6.07, 6.45) is -2.60. The Morgan fingerprint density at radius 1 is 1.31 bits per heavy atom. The first-order valence-electron chi connectivity index (χ1n) is 5.20. The maximum absolute atomic E-state index is 12.6. The summed E-state index contributed by atoms with van der Waals surface area (Å²) in [6, 6.07) is 0. The normalized spacial score (nSPS) is 24.1. The molecular weight excluding hydrogens is 225 g/mol. The van der Waals surface area contributed by atoms with Crippen molar-refractivity contribution in [3.63, 3.8) is 0 Å². The third kappa shape index (κ3) is 2.31. The summed E-state index contributed by atoms with van der Waals surface area (Å²) in [5.41, 5.74) is -3.16. The van der Waals surface area contributed by atoms with Crippen LogP contribution in [0.3, 0.4) is 0 Å². The van der Waals surface area contributed by atoms with Crippen LogP contribution < -0.4 is 0 Å². The number of halogens is 3. The molecule has 0 heterocycles. The molecule has 0 aromatic heterocycles. The molecule has 1 fully saturated rings. The number of carbonyl (C=O) groups is 1. The average Bonchev–Trinajstić information content (AvgIpc) is 2.53. The summed E-state index contributed by atoms with van der Waals surface area (Å²) >= 11 is 0. The zero-order chi connectivity index (χ0) is 12.6. The van der Waals surface area contributed by atoms with E-state index in [9.17, 15) is 23.1 Å². The van der Waals surface area contributed by atoms with Crippen LogP contribution in [0.1, 0.15) is 32.6 Å². The maximum Gasteiger partial charge on any atom is 0.417 e. The lowest BCUT2D eigenvalue weighted by Gasteiger charge is -2.35. The van der Waals surface area contributed by atoms with Crippen LogP contribution in [0.4, 0.5) is 13.2 Å². The summed E-state index contributed by atoms with van der Waals surface area (Å²) in [5.74, 6) is -3.93. The summed E-state index contributed by atoms with van der Waals surface area (Å²) in [4.78, 5) is 10.9. The lowest BCUT2D eigenvalue weighted by molar-refractivity contribution is -0.277. The third-order valence-electron chi connectivity index (χ3n) is 3.32. The van der Waals surface area contributed by atoms with Crippen LogP contribution in [-0.2, 0) is 4.79 Å². The summed E-state index contributed by atoms with van der Waals surface area (Å²) in [5, 5.41) is 18.3. The standard InChI is InChI=1S/C10H15F3O3/c1-9(16,10(11,12)13)7(8(14)15)6-4-2-3-5-6/h6-7,16H,2-5H2,1H3,(H,14,15). The van der Waals surface area contributed by atoms with Crippen molar-refractivity contribution in [3.8, 4) is 0 Å². The number of carboxylic acids is 1. The molecule has 0 saturated heterocycles. The van der Waals surface area contributed by atoms with E-state index >= 15 is 0 Å². The van der Waals surface area contributed by atoms with Crippen LogP contribution in [0.15, 0.2) is 0 Å². The van der Waals surface area contributed by atoms with E-state index in [4.69, 9.17) is 5.11 Å². The van der Waals surface area contributed by atoms with E-state index in [1.165, 1.54) is 0 Å². The van der Waals surface area contributed by atoms with Crippen molar-refractivity contribution in [3.05, 3.63) is 0 Å². The Hall–Kier alpha value is -0.780. The second kappa shape index (κ2) is 4.24. The van der Waals surface area contributed by atoms with E-state index in [-0.39, 0.29) is 0 Å². The van der Waals surface area contributed by atoms with Crippen molar-refractivity contribution < 1.29 is 28.2 Å². The number of alkyl halides is 3. The number of carboxylic acid groups (broad SMARTS) is 1. The maximum atomic E-state index is 12.6. The Bertz CT molecular complexity index is 267. The molecule has 1 rings (SSSR count). The van der Waals surface area contributed by atoms with Gasteiger partial charge in [-0.3, -0.25) is 4.79 Å². The monoisotopic (exact) mass is 240 g/mol. The molecule has 2 unspecified atom stereocenters. The molecule has 1 saturated carbocycles. The molecule has 6 heteroatoms. The predicted molar refractivity (Wildman–Crippen MR) is 49.8 cm³/mol. The minimum atomic E-state index is -4.92. The Morgan fingerprint density at radius 2 is 1.75 bits per heavy atom. The molecule has 0 spiro atoms. The van der Waals surface area contributed by atoms with Crippen molar-refractivity contribution in [1.82, 2.24) is 0 Å². The molecule has 0 amide bonds. The van der Waals surface area contributed by atoms with Crippen LogP contribution in [0.2, 0.25) is 0 Å². The summed E-state index contributed by atoms with van der Waals surface area (Å²) in [7, 11) is 0. The topological polar surface area (TPSA) is 57.5 Å². The van der Waals surface area contributed by atoms with Gasteiger partial charge in [-0.15, -0.1) is 0 Å². The minimum Gasteiger partial charge on any atom is -0.481 e. The van der Waals surface area contributed by atoms with Gasteiger partial charge in [0.15, 0.2) is 5.60 Å². The number of aliphatic hydroxyl groups is 1. The van der Waals surface area contributed by atoms with Crippen LogP contribution in [0.25, 0.3) is 0 Å². The highest BCUT2D eigenvalue weighted by Gasteiger charge is 2.59. The highest BCUT2D eigenvalue weighted by molar-refractivity contribution is 5.72. The molecule has 0 aliphatic heterocycles. The van der Waals surface area contributed by atoms with E-state index in [1.54, 1.807) is 0 Å². The van der Waals surface area contributed by atoms with Gasteiger partial charge in [-0.25, -0.2) is 0 Å². The van der Waals surface area contributed by atoms with Gasteiger partial charge in [0.2, 0.25) is 0 Å². The molecule has 16 heavy (non-hydrogen) atoms. The zero-order valence-electron chi connectivity index (χ0n) is 8.92. The Balaban J connectivity index is 2.97. The molecule has 0 aromatic rings. The Kier molecular flexibility index (Phi) is 3.52. The predicted octanol–water partition coefficient (Wildman–Crippen LogP) is 2.19. The first-order valence-corrected chi connectivity index (χ1v) is 5.20. The fourth-order valence-electron chi connectivity index (χ4n) is 2.37. The fourth-order valence-corrected chi connectivity index (χ4v) is 2.37. The van der Waals surface area contributed by atoms with Gasteiger partial charge in [-0.1, -0.05) is 12.8 Å². The minimum absolute atomic E-state index is 0.434. The molecule has 0 aromatic carbocycles. The molecule has 0 bridgehead atoms. The largest absolute Gasteiger partial charge is 0.481 e. The number of hydrogen-bond acceptors (Lipinski definition) is 2. The van der Waals surface area contributed by atoms with Crippen LogP contribution >= 0.6 is 0 Å². The number of hydrogen-bond donors (Lipinski definition) is 2. The van der Waals surface area contributed by atoms with Crippen molar-refractivity contribution in [2.75, 3.05) is 0 Å². The van der Waals surface area contributed by atoms with Crippen LogP contribution in [0.5, 0.6) is 0 Å². The third-order valence-corrected chi connectivity index (χ3v) is 3.32. The first-order chi connectivity index (χ1) is 7.18. The van der Waals surface area contributed by atoms with Gasteiger partial charge < -0.3 is 10.2 Å². The smallest absolute Gasteiger partial charge is 0.417 e. The number of aliphatic carboxylic acids is 1. The number of rotatable bonds is 3. The van der Waals surface area contributed by atoms with Gasteiger partial charge in [0.25, 0.3) is 0 Å². The molecule has 3 nitrogen and oxygen atoms in total. The molecule has 0 radical (unpaired) electrons. The van der Waals surface area contributed by atoms with Crippen molar-refractivity contribution in [2.24, 2.45) is 11.8 Å². The molecule has 2 N–H and O–H groups in total. The Morgan fingerprint density at radius 3 is 2.06 bits per heavy atom. The fraction of sp³-hybridized carbons (Fsp3) is 0.900. The lowest BCUT2D eigenvalue weighted by Crippen LogP contribution is -2.53. The van der Waals surface area contributed by atoms with Crippen LogP contribution in [-0.4, -0.2) is 28.0 Å². The highest BCUT2D eigenvalue weighted by atomic mass is 19.4. The van der Waals surface area contributed by atoms with Crippen molar-refractivity contribution >= 4 is 5.97 Å². The zero-order valence-corrected chi connectivity index (χ0v) is 8.92. The van der Waals surface area contributed by atoms with Crippen molar-refractivity contribution in [1.29, 1.82) is 0 Å². The molecule has 94 valence electrons. The first kappa shape index (κ1) is 13.3. The molecular formula is C10H15F3O3.